The van der Waals surface area contributed by atoms with Crippen LogP contribution in [0.25, 0.3) is 0 Å². The van der Waals surface area contributed by atoms with E-state index in [1.807, 2.05) is 0 Å². The molecule has 2 saturated heterocycles. The van der Waals surface area contributed by atoms with Crippen LogP contribution < -0.4 is 5.32 Å². The second-order valence-corrected chi connectivity index (χ2v) is 2.86. The number of nitrogens with one attached hydrogen (secondary N) is 1. The van der Waals surface area contributed by atoms with Crippen molar-refractivity contribution >= 4 is 5.78 Å². The summed E-state index contributed by atoms with van der Waals surface area (Å²) in [5, 5.41) is 3.16. The van der Waals surface area contributed by atoms with Crippen molar-refractivity contribution < 1.29 is 9.53 Å². The Balaban J connectivity index is 2.10. The van der Waals surface area contributed by atoms with Crippen molar-refractivity contribution in [2.45, 2.75) is 31.6 Å². The van der Waals surface area contributed by atoms with E-state index < -0.39 is 0 Å². The fourth-order valence-corrected chi connectivity index (χ4v) is 1.54. The number of fused-ring (bicyclic) bond motifs is 2. The van der Waals surface area contributed by atoms with E-state index in [2.05, 4.69) is 5.32 Å². The van der Waals surface area contributed by atoms with Crippen LogP contribution in [0.2, 0.25) is 0 Å². The lowest BCUT2D eigenvalue weighted by Crippen LogP contribution is -2.27. The molecule has 0 aromatic rings. The maximum Gasteiger partial charge on any atom is 0.162 e. The van der Waals surface area contributed by atoms with E-state index in [1.54, 1.807) is 0 Å². The van der Waals surface area contributed by atoms with Gasteiger partial charge in [-0.3, -0.25) is 10.1 Å². The van der Waals surface area contributed by atoms with Gasteiger partial charge in [0.1, 0.15) is 12.3 Å². The van der Waals surface area contributed by atoms with Crippen LogP contribution in [0.15, 0.2) is 0 Å². The van der Waals surface area contributed by atoms with E-state index >= 15 is 0 Å². The summed E-state index contributed by atoms with van der Waals surface area (Å²) < 4.78 is 5.37. The third-order valence-electron chi connectivity index (χ3n) is 2.12. The summed E-state index contributed by atoms with van der Waals surface area (Å²) >= 11 is 0. The average Bonchev–Trinajstić information content (AvgIpc) is 2.27. The van der Waals surface area contributed by atoms with Gasteiger partial charge in [0.15, 0.2) is 5.78 Å². The summed E-state index contributed by atoms with van der Waals surface area (Å²) in [5.41, 5.74) is 0. The van der Waals surface area contributed by atoms with Crippen molar-refractivity contribution in [2.75, 3.05) is 6.54 Å². The van der Waals surface area contributed by atoms with E-state index in [1.165, 1.54) is 0 Å². The van der Waals surface area contributed by atoms with Crippen LogP contribution in [-0.2, 0) is 9.53 Å². The van der Waals surface area contributed by atoms with E-state index in [4.69, 9.17) is 4.74 Å². The maximum absolute atomic E-state index is 11.1. The van der Waals surface area contributed by atoms with Crippen molar-refractivity contribution in [3.05, 3.63) is 0 Å². The molecule has 2 heterocycles. The molecule has 3 heteroatoms. The van der Waals surface area contributed by atoms with E-state index in [0.717, 1.165) is 19.4 Å². The number of carbonyl (C=O) groups is 1. The van der Waals surface area contributed by atoms with Crippen molar-refractivity contribution in [3.63, 3.8) is 0 Å². The number of Topliss-reactive ketones (excluding diaryl/α,β-unsaturated/α-hetero) is 1. The smallest absolute Gasteiger partial charge is 0.162 e. The average molecular weight is 141 g/mol. The summed E-state index contributed by atoms with van der Waals surface area (Å²) in [6, 6.07) is 0. The summed E-state index contributed by atoms with van der Waals surface area (Å²) in [5.74, 6) is 0.271. The summed E-state index contributed by atoms with van der Waals surface area (Å²) in [4.78, 5) is 11.1. The zero-order valence-electron chi connectivity index (χ0n) is 5.80. The van der Waals surface area contributed by atoms with Gasteiger partial charge in [0.05, 0.1) is 0 Å². The Morgan fingerprint density at radius 2 is 2.40 bits per heavy atom. The van der Waals surface area contributed by atoms with Gasteiger partial charge in [0.25, 0.3) is 0 Å². The molecule has 0 aromatic heterocycles. The highest BCUT2D eigenvalue weighted by Crippen LogP contribution is 2.21. The normalized spacial score (nSPS) is 39.8. The van der Waals surface area contributed by atoms with Gasteiger partial charge in [-0.05, 0) is 12.8 Å². The van der Waals surface area contributed by atoms with Crippen molar-refractivity contribution in [2.24, 2.45) is 0 Å². The molecule has 2 bridgehead atoms. The monoisotopic (exact) mass is 141 g/mol. The van der Waals surface area contributed by atoms with Gasteiger partial charge >= 0.3 is 0 Å². The number of hydrogen-bond acceptors (Lipinski definition) is 3. The highest BCUT2D eigenvalue weighted by atomic mass is 16.5. The molecule has 0 spiro atoms. The van der Waals surface area contributed by atoms with E-state index in [0.29, 0.717) is 6.42 Å². The Bertz CT molecular complexity index is 158. The zero-order chi connectivity index (χ0) is 6.97. The highest BCUT2D eigenvalue weighted by molar-refractivity contribution is 5.83. The lowest BCUT2D eigenvalue weighted by Gasteiger charge is -2.06. The Hall–Kier alpha value is -0.410. The number of rotatable bonds is 0. The molecular weight excluding hydrogens is 130 g/mol. The van der Waals surface area contributed by atoms with Crippen LogP contribution in [-0.4, -0.2) is 24.7 Å². The molecule has 3 nitrogen and oxygen atoms in total. The van der Waals surface area contributed by atoms with Gasteiger partial charge in [-0.2, -0.15) is 0 Å². The van der Waals surface area contributed by atoms with Crippen LogP contribution in [0.5, 0.6) is 0 Å². The number of ether oxygens (including phenoxy) is 1. The molecule has 56 valence electrons. The summed E-state index contributed by atoms with van der Waals surface area (Å²) in [6.07, 6.45) is 2.63. The molecule has 2 rings (SSSR count). The van der Waals surface area contributed by atoms with Crippen molar-refractivity contribution in [1.82, 2.24) is 5.32 Å². The zero-order valence-corrected chi connectivity index (χ0v) is 5.80. The lowest BCUT2D eigenvalue weighted by atomic mass is 10.1. The molecule has 2 unspecified atom stereocenters. The Labute approximate surface area is 59.7 Å². The fourth-order valence-electron chi connectivity index (χ4n) is 1.54. The van der Waals surface area contributed by atoms with Gasteiger partial charge in [0.2, 0.25) is 0 Å². The van der Waals surface area contributed by atoms with Crippen LogP contribution >= 0.6 is 0 Å². The topological polar surface area (TPSA) is 38.3 Å². The molecule has 0 aliphatic carbocycles. The van der Waals surface area contributed by atoms with E-state index in [9.17, 15) is 4.79 Å². The summed E-state index contributed by atoms with van der Waals surface area (Å²) in [7, 11) is 0. The Morgan fingerprint density at radius 3 is 3.30 bits per heavy atom. The first-order valence-electron chi connectivity index (χ1n) is 3.78. The SMILES string of the molecule is O=C1CCNC2CCC1O2. The molecule has 1 N–H and O–H groups in total. The first-order chi connectivity index (χ1) is 4.86. The minimum atomic E-state index is -0.0833. The predicted octanol–water partition coefficient (Wildman–Crippen LogP) is 0.0539. The molecule has 2 fully saturated rings. The molecule has 10 heavy (non-hydrogen) atoms. The van der Waals surface area contributed by atoms with Crippen LogP contribution in [0.1, 0.15) is 19.3 Å². The second-order valence-electron chi connectivity index (χ2n) is 2.86. The maximum atomic E-state index is 11.1. The molecule has 0 aromatic carbocycles. The molecule has 0 radical (unpaired) electrons. The minimum Gasteiger partial charge on any atom is -0.352 e. The first kappa shape index (κ1) is 6.31. The molecule has 0 saturated carbocycles. The van der Waals surface area contributed by atoms with E-state index in [-0.39, 0.29) is 18.1 Å². The molecular formula is C7H11NO2. The second kappa shape index (κ2) is 2.32. The minimum absolute atomic E-state index is 0.0833. The first-order valence-corrected chi connectivity index (χ1v) is 3.78. The quantitative estimate of drug-likeness (QED) is 0.518. The lowest BCUT2D eigenvalue weighted by molar-refractivity contribution is -0.128. The number of carbonyl (C=O) groups excluding carboxylic acids is 1. The van der Waals surface area contributed by atoms with Crippen LogP contribution in [0, 0.1) is 0 Å². The van der Waals surface area contributed by atoms with Crippen molar-refractivity contribution in [1.29, 1.82) is 0 Å². The molecule has 2 aliphatic heterocycles. The molecule has 0 amide bonds. The predicted molar refractivity (Wildman–Crippen MR) is 35.5 cm³/mol. The van der Waals surface area contributed by atoms with Gasteiger partial charge in [-0.1, -0.05) is 0 Å². The standard InChI is InChI=1S/C7H11NO2/c9-5-3-4-8-7-2-1-6(5)10-7/h6-8H,1-4H2. The van der Waals surface area contributed by atoms with Gasteiger partial charge in [-0.15, -0.1) is 0 Å². The van der Waals surface area contributed by atoms with Gasteiger partial charge in [0, 0.05) is 13.0 Å². The van der Waals surface area contributed by atoms with Crippen molar-refractivity contribution in [3.8, 4) is 0 Å². The number of hydrogen-bond donors (Lipinski definition) is 1. The van der Waals surface area contributed by atoms with Gasteiger partial charge < -0.3 is 4.74 Å². The largest absolute Gasteiger partial charge is 0.352 e. The van der Waals surface area contributed by atoms with Crippen LogP contribution in [0.4, 0.5) is 0 Å². The van der Waals surface area contributed by atoms with Gasteiger partial charge in [-0.25, -0.2) is 0 Å². The molecule has 2 atom stereocenters. The Morgan fingerprint density at radius 1 is 1.50 bits per heavy atom. The third kappa shape index (κ3) is 0.954. The third-order valence-corrected chi connectivity index (χ3v) is 2.12. The number of ketones is 1. The Kier molecular flexibility index (Phi) is 1.47. The molecule has 2 aliphatic rings. The summed E-state index contributed by atoms with van der Waals surface area (Å²) in [6.45, 7) is 0.792. The van der Waals surface area contributed by atoms with Crippen LogP contribution in [0.3, 0.4) is 0 Å². The fraction of sp³-hybridized carbons (Fsp3) is 0.857. The highest BCUT2D eigenvalue weighted by Gasteiger charge is 2.32.